The molecule has 2 nitrogen and oxygen atoms in total. The molecule has 136 valence electrons. The molecule has 26 heavy (non-hydrogen) atoms. The zero-order valence-electron chi connectivity index (χ0n) is 15.3. The normalized spacial score (nSPS) is 15.3. The fraction of sp³-hybridized carbons (Fsp3) is 0.391. The number of benzene rings is 2. The second-order valence-electron chi connectivity index (χ2n) is 7.41. The molecule has 0 N–H and O–H groups in total. The lowest BCUT2D eigenvalue weighted by Crippen LogP contribution is -2.36. The number of carbonyl (C=O) groups is 2. The Bertz CT molecular complexity index is 788. The Labute approximate surface area is 160 Å². The molecule has 0 saturated heterocycles. The van der Waals surface area contributed by atoms with Gasteiger partial charge in [-0.25, -0.2) is 0 Å². The number of ketones is 2. The molecule has 0 radical (unpaired) electrons. The maximum absolute atomic E-state index is 12.4. The monoisotopic (exact) mass is 368 g/mol. The van der Waals surface area contributed by atoms with Gasteiger partial charge in [0.05, 0.1) is 0 Å². The quantitative estimate of drug-likeness (QED) is 0.540. The van der Waals surface area contributed by atoms with E-state index < -0.39 is 0 Å². The molecule has 3 heteroatoms. The van der Waals surface area contributed by atoms with Crippen molar-refractivity contribution in [2.45, 2.75) is 57.3 Å². The van der Waals surface area contributed by atoms with Gasteiger partial charge in [0.1, 0.15) is 5.78 Å². The van der Waals surface area contributed by atoms with E-state index in [0.717, 1.165) is 24.8 Å². The number of carbonyl (C=O) groups excluding carboxylic acids is 2. The molecular weight excluding hydrogens is 344 g/mol. The average molecular weight is 369 g/mol. The number of hydrogen-bond acceptors (Lipinski definition) is 2. The van der Waals surface area contributed by atoms with Crippen LogP contribution in [0, 0.1) is 0 Å². The molecule has 0 atom stereocenters. The van der Waals surface area contributed by atoms with Gasteiger partial charge in [-0.05, 0) is 42.5 Å². The molecule has 1 aliphatic rings. The highest BCUT2D eigenvalue weighted by Gasteiger charge is 2.39. The predicted molar refractivity (Wildman–Crippen MR) is 106 cm³/mol. The SMILES string of the molecule is CCCC(=O)CC1(c2ccc(CC(=O)c3cccc(Cl)c3)cc2)CCC1. The Hall–Kier alpha value is -1.93. The molecular formula is C23H25ClO2. The van der Waals surface area contributed by atoms with Crippen molar-refractivity contribution in [3.63, 3.8) is 0 Å². The maximum Gasteiger partial charge on any atom is 0.167 e. The minimum absolute atomic E-state index is 0.0295. The summed E-state index contributed by atoms with van der Waals surface area (Å²) in [6.07, 6.45) is 5.97. The first kappa shape index (κ1) is 18.8. The van der Waals surface area contributed by atoms with Gasteiger partial charge in [-0.3, -0.25) is 9.59 Å². The van der Waals surface area contributed by atoms with Crippen molar-refractivity contribution in [1.29, 1.82) is 0 Å². The molecule has 0 bridgehead atoms. The highest BCUT2D eigenvalue weighted by atomic mass is 35.5. The van der Waals surface area contributed by atoms with E-state index in [4.69, 9.17) is 11.6 Å². The van der Waals surface area contributed by atoms with Crippen LogP contribution in [0.5, 0.6) is 0 Å². The van der Waals surface area contributed by atoms with Gasteiger partial charge in [0.2, 0.25) is 0 Å². The molecule has 0 aliphatic heterocycles. The van der Waals surface area contributed by atoms with Crippen molar-refractivity contribution < 1.29 is 9.59 Å². The summed E-state index contributed by atoms with van der Waals surface area (Å²) in [5, 5.41) is 0.579. The summed E-state index contributed by atoms with van der Waals surface area (Å²) in [4.78, 5) is 24.6. The predicted octanol–water partition coefficient (Wildman–Crippen LogP) is 5.95. The first-order valence-corrected chi connectivity index (χ1v) is 9.80. The lowest BCUT2D eigenvalue weighted by molar-refractivity contribution is -0.121. The van der Waals surface area contributed by atoms with Crippen molar-refractivity contribution >= 4 is 23.2 Å². The first-order chi connectivity index (χ1) is 12.5. The van der Waals surface area contributed by atoms with E-state index >= 15 is 0 Å². The standard InChI is InChI=1S/C23H25ClO2/c1-2-5-21(25)16-23(12-4-13-23)19-10-8-17(9-11-19)14-22(26)18-6-3-7-20(24)15-18/h3,6-11,15H,2,4-5,12-14,16H2,1H3. The summed E-state index contributed by atoms with van der Waals surface area (Å²) in [6, 6.07) is 15.4. The van der Waals surface area contributed by atoms with Crippen LogP contribution in [-0.2, 0) is 16.6 Å². The maximum atomic E-state index is 12.4. The van der Waals surface area contributed by atoms with Gasteiger partial charge in [0.15, 0.2) is 5.78 Å². The van der Waals surface area contributed by atoms with Crippen LogP contribution < -0.4 is 0 Å². The van der Waals surface area contributed by atoms with Gasteiger partial charge in [0.25, 0.3) is 0 Å². The lowest BCUT2D eigenvalue weighted by atomic mass is 9.61. The Kier molecular flexibility index (Phi) is 5.93. The topological polar surface area (TPSA) is 34.1 Å². The summed E-state index contributed by atoms with van der Waals surface area (Å²) >= 11 is 5.97. The van der Waals surface area contributed by atoms with Gasteiger partial charge in [-0.2, -0.15) is 0 Å². The smallest absolute Gasteiger partial charge is 0.167 e. The van der Waals surface area contributed by atoms with E-state index in [9.17, 15) is 9.59 Å². The van der Waals surface area contributed by atoms with E-state index in [0.29, 0.717) is 35.6 Å². The number of halogens is 1. The van der Waals surface area contributed by atoms with Gasteiger partial charge in [-0.1, -0.05) is 61.3 Å². The lowest BCUT2D eigenvalue weighted by Gasteiger charge is -2.42. The molecule has 0 aromatic heterocycles. The largest absolute Gasteiger partial charge is 0.300 e. The van der Waals surface area contributed by atoms with Gasteiger partial charge in [-0.15, -0.1) is 0 Å². The first-order valence-electron chi connectivity index (χ1n) is 9.42. The molecule has 0 unspecified atom stereocenters. The third-order valence-electron chi connectivity index (χ3n) is 5.45. The summed E-state index contributed by atoms with van der Waals surface area (Å²) in [5.74, 6) is 0.434. The average Bonchev–Trinajstić information content (AvgIpc) is 2.59. The molecule has 2 aromatic rings. The van der Waals surface area contributed by atoms with Crippen molar-refractivity contribution in [1.82, 2.24) is 0 Å². The fourth-order valence-electron chi connectivity index (χ4n) is 3.84. The molecule has 1 aliphatic carbocycles. The molecule has 0 heterocycles. The third kappa shape index (κ3) is 4.24. The van der Waals surface area contributed by atoms with Gasteiger partial charge < -0.3 is 0 Å². The van der Waals surface area contributed by atoms with Gasteiger partial charge >= 0.3 is 0 Å². The van der Waals surface area contributed by atoms with E-state index in [1.54, 1.807) is 24.3 Å². The zero-order valence-corrected chi connectivity index (χ0v) is 16.0. The zero-order chi connectivity index (χ0) is 18.6. The van der Waals surface area contributed by atoms with Crippen molar-refractivity contribution in [3.05, 3.63) is 70.2 Å². The summed E-state index contributed by atoms with van der Waals surface area (Å²) in [7, 11) is 0. The van der Waals surface area contributed by atoms with E-state index in [2.05, 4.69) is 19.1 Å². The van der Waals surface area contributed by atoms with Crippen LogP contribution in [-0.4, -0.2) is 11.6 Å². The van der Waals surface area contributed by atoms with Crippen molar-refractivity contribution in [2.24, 2.45) is 0 Å². The summed E-state index contributed by atoms with van der Waals surface area (Å²) < 4.78 is 0. The molecule has 1 fully saturated rings. The van der Waals surface area contributed by atoms with E-state index in [1.165, 1.54) is 12.0 Å². The Balaban J connectivity index is 1.70. The Morgan fingerprint density at radius 1 is 1.08 bits per heavy atom. The molecule has 0 amide bonds. The Morgan fingerprint density at radius 3 is 2.38 bits per heavy atom. The molecule has 2 aromatic carbocycles. The van der Waals surface area contributed by atoms with Crippen LogP contribution in [0.15, 0.2) is 48.5 Å². The minimum atomic E-state index is 0.0295. The van der Waals surface area contributed by atoms with Crippen LogP contribution in [0.1, 0.15) is 66.9 Å². The number of hydrogen-bond donors (Lipinski definition) is 0. The van der Waals surface area contributed by atoms with Crippen LogP contribution in [0.3, 0.4) is 0 Å². The minimum Gasteiger partial charge on any atom is -0.300 e. The van der Waals surface area contributed by atoms with Crippen LogP contribution in [0.4, 0.5) is 0 Å². The Morgan fingerprint density at radius 2 is 1.81 bits per heavy atom. The highest BCUT2D eigenvalue weighted by molar-refractivity contribution is 6.31. The van der Waals surface area contributed by atoms with Gasteiger partial charge in [0, 0.05) is 35.3 Å². The summed E-state index contributed by atoms with van der Waals surface area (Å²) in [6.45, 7) is 2.05. The van der Waals surface area contributed by atoms with Crippen molar-refractivity contribution in [2.75, 3.05) is 0 Å². The summed E-state index contributed by atoms with van der Waals surface area (Å²) in [5.41, 5.74) is 2.91. The van der Waals surface area contributed by atoms with Crippen LogP contribution in [0.2, 0.25) is 5.02 Å². The van der Waals surface area contributed by atoms with Crippen LogP contribution in [0.25, 0.3) is 0 Å². The molecule has 0 spiro atoms. The molecule has 1 saturated carbocycles. The third-order valence-corrected chi connectivity index (χ3v) is 5.69. The van der Waals surface area contributed by atoms with E-state index in [-0.39, 0.29) is 11.2 Å². The number of Topliss-reactive ketones (excluding diaryl/α,β-unsaturated/α-hetero) is 2. The van der Waals surface area contributed by atoms with Crippen LogP contribution >= 0.6 is 11.6 Å². The second-order valence-corrected chi connectivity index (χ2v) is 7.84. The second kappa shape index (κ2) is 8.18. The highest BCUT2D eigenvalue weighted by Crippen LogP contribution is 2.46. The number of rotatable bonds is 8. The van der Waals surface area contributed by atoms with Crippen molar-refractivity contribution in [3.8, 4) is 0 Å². The van der Waals surface area contributed by atoms with E-state index in [1.807, 2.05) is 12.1 Å². The molecule has 3 rings (SSSR count). The fourth-order valence-corrected chi connectivity index (χ4v) is 4.03.